The fraction of sp³-hybridized carbons (Fsp3) is 0.595. The Morgan fingerprint density at radius 1 is 0.863 bits per heavy atom. The molecule has 0 aromatic heterocycles. The molecule has 9 heteroatoms. The molecule has 2 aromatic rings. The summed E-state index contributed by atoms with van der Waals surface area (Å²) in [5, 5.41) is 0. The van der Waals surface area contributed by atoms with Gasteiger partial charge in [-0.3, -0.25) is 24.0 Å². The zero-order valence-corrected chi connectivity index (χ0v) is 31.5. The van der Waals surface area contributed by atoms with E-state index in [0.717, 1.165) is 43.2 Å². The Hall–Kier alpha value is -4.01. The number of anilines is 1. The Balaban J connectivity index is 1.36. The average molecular weight is 700 g/mol. The van der Waals surface area contributed by atoms with E-state index in [-0.39, 0.29) is 48.7 Å². The molecular formula is C42H57N3O6. The van der Waals surface area contributed by atoms with Crippen molar-refractivity contribution in [2.24, 2.45) is 11.8 Å². The second kappa shape index (κ2) is 16.1. The molecule has 0 radical (unpaired) electrons. The van der Waals surface area contributed by atoms with Crippen LogP contribution in [0.5, 0.6) is 0 Å². The highest BCUT2D eigenvalue weighted by Crippen LogP contribution is 2.44. The van der Waals surface area contributed by atoms with E-state index in [1.165, 1.54) is 10.5 Å². The Morgan fingerprint density at radius 2 is 1.53 bits per heavy atom. The maximum absolute atomic E-state index is 14.5. The molecule has 3 aliphatic heterocycles. The minimum absolute atomic E-state index is 0.0526. The number of benzene rings is 2. The molecule has 3 saturated heterocycles. The van der Waals surface area contributed by atoms with Gasteiger partial charge in [-0.15, -0.1) is 0 Å². The fourth-order valence-electron chi connectivity index (χ4n) is 8.28. The molecule has 2 aromatic carbocycles. The SMILES string of the molecule is CCCCc1ccc(N2C(=O)C(CC(C)(C)c3cccc(C(C)(C)CC(=O)OCCN4CCCC4=O)c3)C(C(CC)N3CCCC3=O)C2=O)cc1. The van der Waals surface area contributed by atoms with Gasteiger partial charge in [0, 0.05) is 37.4 Å². The number of imide groups is 1. The van der Waals surface area contributed by atoms with E-state index in [1.54, 1.807) is 4.90 Å². The molecule has 0 spiro atoms. The Bertz CT molecular complexity index is 1600. The lowest BCUT2D eigenvalue weighted by atomic mass is 9.71. The lowest BCUT2D eigenvalue weighted by molar-refractivity contribution is -0.146. The molecule has 9 nitrogen and oxygen atoms in total. The minimum atomic E-state index is -0.645. The van der Waals surface area contributed by atoms with Crippen LogP contribution in [0.2, 0.25) is 0 Å². The lowest BCUT2D eigenvalue weighted by Gasteiger charge is -2.36. The zero-order chi connectivity index (χ0) is 36.9. The van der Waals surface area contributed by atoms with Crippen LogP contribution in [0.3, 0.4) is 0 Å². The summed E-state index contributed by atoms with van der Waals surface area (Å²) < 4.78 is 5.55. The summed E-state index contributed by atoms with van der Waals surface area (Å²) in [6.07, 6.45) is 6.94. The quantitative estimate of drug-likeness (QED) is 0.142. The fourth-order valence-corrected chi connectivity index (χ4v) is 8.28. The second-order valence-electron chi connectivity index (χ2n) is 16.0. The molecule has 51 heavy (non-hydrogen) atoms. The average Bonchev–Trinajstić information content (AvgIpc) is 3.78. The van der Waals surface area contributed by atoms with Gasteiger partial charge in [0.05, 0.1) is 30.5 Å². The number of amides is 4. The maximum Gasteiger partial charge on any atom is 0.306 e. The van der Waals surface area contributed by atoms with Crippen molar-refractivity contribution in [3.05, 3.63) is 65.2 Å². The maximum atomic E-state index is 14.5. The first kappa shape index (κ1) is 38.2. The molecular weight excluding hydrogens is 642 g/mol. The van der Waals surface area contributed by atoms with Crippen LogP contribution in [0.4, 0.5) is 5.69 Å². The summed E-state index contributed by atoms with van der Waals surface area (Å²) in [5.41, 5.74) is 2.71. The largest absolute Gasteiger partial charge is 0.464 e. The first-order valence-electron chi connectivity index (χ1n) is 19.1. The Labute approximate surface area is 304 Å². The lowest BCUT2D eigenvalue weighted by Crippen LogP contribution is -2.46. The van der Waals surface area contributed by atoms with Crippen LogP contribution >= 0.6 is 0 Å². The van der Waals surface area contributed by atoms with E-state index in [0.29, 0.717) is 51.0 Å². The normalized spacial score (nSPS) is 20.5. The van der Waals surface area contributed by atoms with E-state index < -0.39 is 22.7 Å². The van der Waals surface area contributed by atoms with Gasteiger partial charge in [-0.25, -0.2) is 4.90 Å². The number of rotatable bonds is 16. The molecule has 3 aliphatic rings. The van der Waals surface area contributed by atoms with Crippen LogP contribution in [-0.2, 0) is 46.0 Å². The summed E-state index contributed by atoms with van der Waals surface area (Å²) in [5.74, 6) is -1.84. The third kappa shape index (κ3) is 8.56. The summed E-state index contributed by atoms with van der Waals surface area (Å²) >= 11 is 0. The number of likely N-dealkylation sites (tertiary alicyclic amines) is 2. The van der Waals surface area contributed by atoms with Gasteiger partial charge in [0.1, 0.15) is 6.61 Å². The number of carbonyl (C=O) groups excluding carboxylic acids is 5. The predicted octanol–water partition coefficient (Wildman–Crippen LogP) is 6.74. The van der Waals surface area contributed by atoms with Crippen molar-refractivity contribution in [2.75, 3.05) is 31.1 Å². The van der Waals surface area contributed by atoms with Crippen molar-refractivity contribution >= 4 is 35.3 Å². The standard InChI is InChI=1S/C42H57N3O6/c1-7-9-13-29-18-20-32(21-19-29)45-39(49)33(38(40(45)50)34(8-2)44-23-12-17-36(44)47)27-41(3,4)30-14-10-15-31(26-30)42(5,6)28-37(48)51-25-24-43-22-11-16-35(43)46/h10,14-15,18-21,26,33-34,38H,7-9,11-13,16-17,22-25,27-28H2,1-6H3. The topological polar surface area (TPSA) is 104 Å². The van der Waals surface area contributed by atoms with Crippen LogP contribution < -0.4 is 4.90 Å². The molecule has 0 bridgehead atoms. The monoisotopic (exact) mass is 699 g/mol. The van der Waals surface area contributed by atoms with E-state index in [2.05, 4.69) is 32.9 Å². The number of carbonyl (C=O) groups is 5. The van der Waals surface area contributed by atoms with E-state index in [9.17, 15) is 24.0 Å². The van der Waals surface area contributed by atoms with Crippen LogP contribution in [0.15, 0.2) is 48.5 Å². The summed E-state index contributed by atoms with van der Waals surface area (Å²) in [6, 6.07) is 15.6. The molecule has 0 N–H and O–H groups in total. The summed E-state index contributed by atoms with van der Waals surface area (Å²) in [6.45, 7) is 14.3. The van der Waals surface area contributed by atoms with Crippen LogP contribution in [0.25, 0.3) is 0 Å². The van der Waals surface area contributed by atoms with Crippen molar-refractivity contribution in [1.29, 1.82) is 0 Å². The molecule has 5 rings (SSSR count). The van der Waals surface area contributed by atoms with Crippen molar-refractivity contribution in [2.45, 2.75) is 123 Å². The molecule has 3 heterocycles. The molecule has 0 aliphatic carbocycles. The molecule has 0 saturated carbocycles. The third-order valence-electron chi connectivity index (χ3n) is 11.4. The van der Waals surface area contributed by atoms with Crippen LogP contribution in [-0.4, -0.2) is 71.7 Å². The van der Waals surface area contributed by atoms with Gasteiger partial charge >= 0.3 is 5.97 Å². The van der Waals surface area contributed by atoms with Crippen molar-refractivity contribution in [3.63, 3.8) is 0 Å². The summed E-state index contributed by atoms with van der Waals surface area (Å²) in [7, 11) is 0. The van der Waals surface area contributed by atoms with Gasteiger partial charge in [0.2, 0.25) is 23.6 Å². The predicted molar refractivity (Wildman–Crippen MR) is 198 cm³/mol. The van der Waals surface area contributed by atoms with Crippen molar-refractivity contribution in [3.8, 4) is 0 Å². The highest BCUT2D eigenvalue weighted by atomic mass is 16.5. The van der Waals surface area contributed by atoms with Gasteiger partial charge < -0.3 is 14.5 Å². The number of hydrogen-bond acceptors (Lipinski definition) is 6. The first-order chi connectivity index (χ1) is 24.3. The number of nitrogens with zero attached hydrogens (tertiary/aromatic N) is 3. The molecule has 4 amide bonds. The molecule has 276 valence electrons. The zero-order valence-electron chi connectivity index (χ0n) is 31.5. The summed E-state index contributed by atoms with van der Waals surface area (Å²) in [4.78, 5) is 71.7. The van der Waals surface area contributed by atoms with Gasteiger partial charge in [0.25, 0.3) is 0 Å². The highest BCUT2D eigenvalue weighted by Gasteiger charge is 2.54. The number of aryl methyl sites for hydroxylation is 1. The molecule has 3 atom stereocenters. The van der Waals surface area contributed by atoms with E-state index in [4.69, 9.17) is 4.74 Å². The Morgan fingerprint density at radius 3 is 2.14 bits per heavy atom. The Kier molecular flexibility index (Phi) is 12.1. The van der Waals surface area contributed by atoms with Crippen molar-refractivity contribution < 1.29 is 28.7 Å². The number of esters is 1. The molecule has 3 unspecified atom stereocenters. The number of hydrogen-bond donors (Lipinski definition) is 0. The minimum Gasteiger partial charge on any atom is -0.464 e. The number of unbranched alkanes of at least 4 members (excludes halogenated alkanes) is 1. The number of ether oxygens (including phenoxy) is 1. The van der Waals surface area contributed by atoms with Gasteiger partial charge in [0.15, 0.2) is 0 Å². The van der Waals surface area contributed by atoms with Gasteiger partial charge in [-0.1, -0.05) is 84.4 Å². The van der Waals surface area contributed by atoms with Gasteiger partial charge in [-0.2, -0.15) is 0 Å². The van der Waals surface area contributed by atoms with E-state index in [1.807, 2.05) is 62.1 Å². The first-order valence-corrected chi connectivity index (χ1v) is 19.1. The van der Waals surface area contributed by atoms with Gasteiger partial charge in [-0.05, 0) is 72.8 Å². The van der Waals surface area contributed by atoms with Crippen LogP contribution in [0.1, 0.15) is 116 Å². The smallest absolute Gasteiger partial charge is 0.306 e. The highest BCUT2D eigenvalue weighted by molar-refractivity contribution is 6.22. The van der Waals surface area contributed by atoms with E-state index >= 15 is 0 Å². The third-order valence-corrected chi connectivity index (χ3v) is 11.4. The van der Waals surface area contributed by atoms with Crippen molar-refractivity contribution in [1.82, 2.24) is 9.80 Å². The molecule has 3 fully saturated rings. The van der Waals surface area contributed by atoms with Crippen LogP contribution in [0, 0.1) is 11.8 Å². The second-order valence-corrected chi connectivity index (χ2v) is 16.0.